The zero-order chi connectivity index (χ0) is 21.1. The third-order valence-corrected chi connectivity index (χ3v) is 4.71. The first-order chi connectivity index (χ1) is 13.8. The van der Waals surface area contributed by atoms with Crippen molar-refractivity contribution in [1.82, 2.24) is 15.3 Å². The topological polar surface area (TPSA) is 84.0 Å². The predicted octanol–water partition coefficient (Wildman–Crippen LogP) is 4.43. The molecule has 0 unspecified atom stereocenters. The number of nitrogens with one attached hydrogen (secondary N) is 2. The Hall–Kier alpha value is -3.06. The minimum atomic E-state index is -0.582. The Morgan fingerprint density at radius 3 is 2.45 bits per heavy atom. The van der Waals surface area contributed by atoms with Crippen LogP contribution in [0, 0.1) is 19.7 Å². The molecule has 2 N–H and O–H groups in total. The van der Waals surface area contributed by atoms with Gasteiger partial charge in [0, 0.05) is 18.3 Å². The summed E-state index contributed by atoms with van der Waals surface area (Å²) in [5, 5.41) is 5.62. The molecule has 0 aliphatic carbocycles. The van der Waals surface area contributed by atoms with Gasteiger partial charge in [-0.1, -0.05) is 18.5 Å². The molecule has 0 aliphatic rings. The molecule has 0 radical (unpaired) electrons. The molecule has 1 heterocycles. The Labute approximate surface area is 172 Å². The van der Waals surface area contributed by atoms with Gasteiger partial charge in [0.15, 0.2) is 0 Å². The average molecular weight is 415 g/mol. The lowest BCUT2D eigenvalue weighted by Gasteiger charge is -2.11. The van der Waals surface area contributed by atoms with Crippen molar-refractivity contribution in [1.29, 1.82) is 0 Å². The standard InChI is InChI=1S/C21H20ClFN4O2/c1-4-7-24-20(28)15-6-5-14(10-17(15)22)27-21(29)16-8-13(23)9-18-19(16)26-12(3)11(2)25-18/h5-6,8-10H,4,7H2,1-3H3,(H,24,28)(H,27,29). The van der Waals surface area contributed by atoms with E-state index in [1.54, 1.807) is 19.9 Å². The summed E-state index contributed by atoms with van der Waals surface area (Å²) in [6.07, 6.45) is 0.807. The van der Waals surface area contributed by atoms with Gasteiger partial charge < -0.3 is 10.6 Å². The van der Waals surface area contributed by atoms with Crippen molar-refractivity contribution in [2.24, 2.45) is 0 Å². The maximum atomic E-state index is 14.0. The van der Waals surface area contributed by atoms with E-state index in [0.29, 0.717) is 40.2 Å². The molecule has 6 nitrogen and oxygen atoms in total. The molecule has 2 amide bonds. The summed E-state index contributed by atoms with van der Waals surface area (Å²) >= 11 is 6.20. The van der Waals surface area contributed by atoms with Gasteiger partial charge in [-0.25, -0.2) is 14.4 Å². The Morgan fingerprint density at radius 2 is 1.76 bits per heavy atom. The summed E-state index contributed by atoms with van der Waals surface area (Å²) in [5.74, 6) is -1.42. The second kappa shape index (κ2) is 8.53. The molecule has 2 aromatic carbocycles. The summed E-state index contributed by atoms with van der Waals surface area (Å²) in [5.41, 5.74) is 2.69. The van der Waals surface area contributed by atoms with Gasteiger partial charge in [-0.05, 0) is 44.5 Å². The monoisotopic (exact) mass is 414 g/mol. The second-order valence-corrected chi connectivity index (χ2v) is 7.03. The van der Waals surface area contributed by atoms with Gasteiger partial charge >= 0.3 is 0 Å². The van der Waals surface area contributed by atoms with Crippen LogP contribution >= 0.6 is 11.6 Å². The van der Waals surface area contributed by atoms with Gasteiger partial charge in [-0.15, -0.1) is 0 Å². The first kappa shape index (κ1) is 20.7. The molecule has 0 atom stereocenters. The molecule has 3 rings (SSSR count). The molecule has 8 heteroatoms. The third-order valence-electron chi connectivity index (χ3n) is 4.40. The molecular weight excluding hydrogens is 395 g/mol. The normalized spacial score (nSPS) is 10.8. The lowest BCUT2D eigenvalue weighted by molar-refractivity contribution is 0.0953. The van der Waals surface area contributed by atoms with Crippen molar-refractivity contribution in [3.63, 3.8) is 0 Å². The number of nitrogens with zero attached hydrogens (tertiary/aromatic N) is 2. The van der Waals surface area contributed by atoms with E-state index in [1.165, 1.54) is 18.2 Å². The van der Waals surface area contributed by atoms with Crippen molar-refractivity contribution in [2.75, 3.05) is 11.9 Å². The number of hydrogen-bond acceptors (Lipinski definition) is 4. The zero-order valence-electron chi connectivity index (χ0n) is 16.3. The van der Waals surface area contributed by atoms with Crippen molar-refractivity contribution in [3.05, 3.63) is 63.7 Å². The summed E-state index contributed by atoms with van der Waals surface area (Å²) in [6.45, 7) is 6.03. The molecular formula is C21H20ClFN4O2. The Morgan fingerprint density at radius 1 is 1.03 bits per heavy atom. The molecule has 0 bridgehead atoms. The number of aromatic nitrogens is 2. The van der Waals surface area contributed by atoms with Crippen LogP contribution in [-0.2, 0) is 0 Å². The van der Waals surface area contributed by atoms with Gasteiger partial charge in [0.2, 0.25) is 0 Å². The van der Waals surface area contributed by atoms with E-state index in [2.05, 4.69) is 20.6 Å². The van der Waals surface area contributed by atoms with Crippen LogP contribution in [-0.4, -0.2) is 28.3 Å². The highest BCUT2D eigenvalue weighted by Crippen LogP contribution is 2.24. The van der Waals surface area contributed by atoms with Crippen molar-refractivity contribution >= 4 is 40.1 Å². The van der Waals surface area contributed by atoms with Crippen LogP contribution in [0.1, 0.15) is 45.4 Å². The third kappa shape index (κ3) is 4.51. The SMILES string of the molecule is CCCNC(=O)c1ccc(NC(=O)c2cc(F)cc3nc(C)c(C)nc23)cc1Cl. The fourth-order valence-corrected chi connectivity index (χ4v) is 3.05. The van der Waals surface area contributed by atoms with Crippen LogP contribution in [0.25, 0.3) is 11.0 Å². The Kier molecular flexibility index (Phi) is 6.08. The first-order valence-corrected chi connectivity index (χ1v) is 9.51. The number of rotatable bonds is 5. The number of carbonyl (C=O) groups excluding carboxylic acids is 2. The quantitative estimate of drug-likeness (QED) is 0.646. The van der Waals surface area contributed by atoms with Gasteiger partial charge in [0.1, 0.15) is 11.3 Å². The molecule has 0 spiro atoms. The summed E-state index contributed by atoms with van der Waals surface area (Å²) in [4.78, 5) is 33.6. The van der Waals surface area contributed by atoms with Gasteiger partial charge in [0.05, 0.1) is 33.1 Å². The van der Waals surface area contributed by atoms with Crippen LogP contribution in [0.15, 0.2) is 30.3 Å². The van der Waals surface area contributed by atoms with E-state index in [1.807, 2.05) is 6.92 Å². The highest BCUT2D eigenvalue weighted by molar-refractivity contribution is 6.34. The number of anilines is 1. The lowest BCUT2D eigenvalue weighted by Crippen LogP contribution is -2.24. The molecule has 1 aromatic heterocycles. The second-order valence-electron chi connectivity index (χ2n) is 6.62. The van der Waals surface area contributed by atoms with Crippen molar-refractivity contribution in [2.45, 2.75) is 27.2 Å². The van der Waals surface area contributed by atoms with Gasteiger partial charge in [-0.3, -0.25) is 9.59 Å². The number of amides is 2. The average Bonchev–Trinajstić information content (AvgIpc) is 2.67. The Bertz CT molecular complexity index is 1120. The number of benzene rings is 2. The van der Waals surface area contributed by atoms with E-state index in [9.17, 15) is 14.0 Å². The molecule has 29 heavy (non-hydrogen) atoms. The minimum Gasteiger partial charge on any atom is -0.352 e. The highest BCUT2D eigenvalue weighted by Gasteiger charge is 2.17. The predicted molar refractivity (Wildman–Crippen MR) is 111 cm³/mol. The van der Waals surface area contributed by atoms with Gasteiger partial charge in [0.25, 0.3) is 11.8 Å². The number of carbonyl (C=O) groups is 2. The van der Waals surface area contributed by atoms with Crippen LogP contribution in [0.2, 0.25) is 5.02 Å². The smallest absolute Gasteiger partial charge is 0.258 e. The maximum Gasteiger partial charge on any atom is 0.258 e. The van der Waals surface area contributed by atoms with Crippen molar-refractivity contribution < 1.29 is 14.0 Å². The van der Waals surface area contributed by atoms with Crippen molar-refractivity contribution in [3.8, 4) is 0 Å². The number of aryl methyl sites for hydroxylation is 2. The first-order valence-electron chi connectivity index (χ1n) is 9.13. The van der Waals surface area contributed by atoms with E-state index in [4.69, 9.17) is 11.6 Å². The minimum absolute atomic E-state index is 0.0662. The molecule has 0 saturated carbocycles. The number of halogens is 2. The Balaban J connectivity index is 1.90. The fourth-order valence-electron chi connectivity index (χ4n) is 2.78. The van der Waals surface area contributed by atoms with E-state index in [-0.39, 0.29) is 16.5 Å². The number of hydrogen-bond donors (Lipinski definition) is 2. The number of fused-ring (bicyclic) bond motifs is 1. The summed E-state index contributed by atoms with van der Waals surface area (Å²) < 4.78 is 14.0. The largest absolute Gasteiger partial charge is 0.352 e. The zero-order valence-corrected chi connectivity index (χ0v) is 17.0. The molecule has 3 aromatic rings. The van der Waals surface area contributed by atoms with Crippen LogP contribution < -0.4 is 10.6 Å². The lowest BCUT2D eigenvalue weighted by atomic mass is 10.1. The summed E-state index contributed by atoms with van der Waals surface area (Å²) in [7, 11) is 0. The molecule has 0 fully saturated rings. The van der Waals surface area contributed by atoms with Crippen LogP contribution in [0.4, 0.5) is 10.1 Å². The van der Waals surface area contributed by atoms with E-state index >= 15 is 0 Å². The summed E-state index contributed by atoms with van der Waals surface area (Å²) in [6, 6.07) is 6.93. The van der Waals surface area contributed by atoms with E-state index in [0.717, 1.165) is 12.5 Å². The molecule has 0 aliphatic heterocycles. The van der Waals surface area contributed by atoms with Crippen LogP contribution in [0.3, 0.4) is 0 Å². The van der Waals surface area contributed by atoms with Gasteiger partial charge in [-0.2, -0.15) is 0 Å². The fraction of sp³-hybridized carbons (Fsp3) is 0.238. The maximum absolute atomic E-state index is 14.0. The van der Waals surface area contributed by atoms with E-state index < -0.39 is 11.7 Å². The highest BCUT2D eigenvalue weighted by atomic mass is 35.5. The molecule has 150 valence electrons. The van der Waals surface area contributed by atoms with Crippen LogP contribution in [0.5, 0.6) is 0 Å². The molecule has 0 saturated heterocycles.